The third-order valence-corrected chi connectivity index (χ3v) is 7.05. The van der Waals surface area contributed by atoms with Crippen molar-refractivity contribution in [2.45, 2.75) is 44.9 Å². The molecule has 1 amide bonds. The number of benzene rings is 2. The lowest BCUT2D eigenvalue weighted by molar-refractivity contribution is 0.0461. The Morgan fingerprint density at radius 2 is 1.78 bits per heavy atom. The minimum Gasteiger partial charge on any atom is -0.467 e. The molecule has 1 N–H and O–H groups in total. The fraction of sp³-hybridized carbons (Fsp3) is 0.370. The lowest BCUT2D eigenvalue weighted by Gasteiger charge is -2.34. The molecule has 2 aliphatic heterocycles. The molecule has 0 aliphatic carbocycles. The number of anilines is 1. The van der Waals surface area contributed by atoms with Crippen LogP contribution in [0.1, 0.15) is 53.1 Å². The van der Waals surface area contributed by atoms with Gasteiger partial charge in [0.15, 0.2) is 0 Å². The SMILES string of the molecule is CC1Cc2ccccc2N1Cc1occc1C(=O)N1CCC(C(O)c2ccccc2)CC1. The highest BCUT2D eigenvalue weighted by atomic mass is 16.3. The number of para-hydroxylation sites is 1. The van der Waals surface area contributed by atoms with E-state index in [0.29, 0.717) is 31.2 Å². The van der Waals surface area contributed by atoms with E-state index in [-0.39, 0.29) is 11.8 Å². The molecule has 1 fully saturated rings. The number of hydrogen-bond donors (Lipinski definition) is 1. The van der Waals surface area contributed by atoms with E-state index in [2.05, 4.69) is 36.1 Å². The fourth-order valence-corrected chi connectivity index (χ4v) is 5.19. The third kappa shape index (κ3) is 3.93. The Morgan fingerprint density at radius 1 is 1.06 bits per heavy atom. The number of fused-ring (bicyclic) bond motifs is 1. The molecule has 2 atom stereocenters. The van der Waals surface area contributed by atoms with E-state index in [0.717, 1.165) is 30.6 Å². The predicted octanol–water partition coefficient (Wildman–Crippen LogP) is 4.82. The number of likely N-dealkylation sites (tertiary alicyclic amines) is 1. The first-order chi connectivity index (χ1) is 15.6. The normalized spacial score (nSPS) is 19.8. The number of amides is 1. The molecular formula is C27H30N2O3. The number of rotatable bonds is 5. The monoisotopic (exact) mass is 430 g/mol. The molecular weight excluding hydrogens is 400 g/mol. The first-order valence-electron chi connectivity index (χ1n) is 11.5. The Bertz CT molecular complexity index is 1070. The second kappa shape index (κ2) is 8.83. The molecule has 5 rings (SSSR count). The van der Waals surface area contributed by atoms with Gasteiger partial charge in [0.2, 0.25) is 0 Å². The largest absolute Gasteiger partial charge is 0.467 e. The van der Waals surface area contributed by atoms with E-state index in [1.54, 1.807) is 12.3 Å². The quantitative estimate of drug-likeness (QED) is 0.631. The molecule has 5 heteroatoms. The summed E-state index contributed by atoms with van der Waals surface area (Å²) in [6.45, 7) is 4.12. The molecule has 1 saturated heterocycles. The minimum atomic E-state index is -0.477. The number of aliphatic hydroxyl groups is 1. The molecule has 2 aliphatic rings. The molecule has 0 saturated carbocycles. The van der Waals surface area contributed by atoms with Crippen molar-refractivity contribution in [2.75, 3.05) is 18.0 Å². The number of nitrogens with zero attached hydrogens (tertiary/aromatic N) is 2. The molecule has 166 valence electrons. The molecule has 5 nitrogen and oxygen atoms in total. The van der Waals surface area contributed by atoms with Crippen LogP contribution >= 0.6 is 0 Å². The Balaban J connectivity index is 1.25. The molecule has 0 spiro atoms. The van der Waals surface area contributed by atoms with Gasteiger partial charge in [0.25, 0.3) is 5.91 Å². The molecule has 32 heavy (non-hydrogen) atoms. The summed E-state index contributed by atoms with van der Waals surface area (Å²) in [6, 6.07) is 20.4. The number of piperidine rings is 1. The minimum absolute atomic E-state index is 0.0292. The highest BCUT2D eigenvalue weighted by molar-refractivity contribution is 5.95. The lowest BCUT2D eigenvalue weighted by atomic mass is 9.87. The van der Waals surface area contributed by atoms with Crippen LogP contribution in [0.4, 0.5) is 5.69 Å². The second-order valence-corrected chi connectivity index (χ2v) is 9.05. The van der Waals surface area contributed by atoms with E-state index in [9.17, 15) is 9.90 Å². The van der Waals surface area contributed by atoms with Crippen molar-refractivity contribution in [1.29, 1.82) is 0 Å². The van der Waals surface area contributed by atoms with Crippen molar-refractivity contribution in [3.63, 3.8) is 0 Å². The summed E-state index contributed by atoms with van der Waals surface area (Å²) in [4.78, 5) is 17.5. The van der Waals surface area contributed by atoms with Crippen LogP contribution in [0.25, 0.3) is 0 Å². The van der Waals surface area contributed by atoms with E-state index < -0.39 is 6.10 Å². The van der Waals surface area contributed by atoms with Crippen LogP contribution in [0.5, 0.6) is 0 Å². The Kier molecular flexibility index (Phi) is 5.75. The average molecular weight is 431 g/mol. The number of carbonyl (C=O) groups excluding carboxylic acids is 1. The zero-order valence-corrected chi connectivity index (χ0v) is 18.5. The van der Waals surface area contributed by atoms with E-state index in [1.807, 2.05) is 35.2 Å². The standard InChI is InChI=1S/C27H30N2O3/c1-19-17-22-9-5-6-10-24(22)29(19)18-25-23(13-16-32-25)27(31)28-14-11-21(12-15-28)26(30)20-7-3-2-4-8-20/h2-10,13,16,19,21,26,30H,11-12,14-15,17-18H2,1H3. The highest BCUT2D eigenvalue weighted by Gasteiger charge is 2.32. The van der Waals surface area contributed by atoms with Gasteiger partial charge in [-0.1, -0.05) is 48.5 Å². The van der Waals surface area contributed by atoms with Gasteiger partial charge in [-0.05, 0) is 55.4 Å². The van der Waals surface area contributed by atoms with Gasteiger partial charge >= 0.3 is 0 Å². The van der Waals surface area contributed by atoms with Crippen molar-refractivity contribution in [1.82, 2.24) is 4.90 Å². The van der Waals surface area contributed by atoms with Crippen LogP contribution in [0, 0.1) is 5.92 Å². The Hall–Kier alpha value is -3.05. The van der Waals surface area contributed by atoms with Gasteiger partial charge in [0, 0.05) is 24.8 Å². The summed E-state index contributed by atoms with van der Waals surface area (Å²) < 4.78 is 5.79. The van der Waals surface area contributed by atoms with Gasteiger partial charge < -0.3 is 19.3 Å². The van der Waals surface area contributed by atoms with E-state index >= 15 is 0 Å². The fourth-order valence-electron chi connectivity index (χ4n) is 5.19. The topological polar surface area (TPSA) is 56.9 Å². The zero-order valence-electron chi connectivity index (χ0n) is 18.5. The summed E-state index contributed by atoms with van der Waals surface area (Å²) in [5, 5.41) is 10.7. The van der Waals surface area contributed by atoms with Crippen molar-refractivity contribution in [3.8, 4) is 0 Å². The molecule has 3 aromatic rings. The van der Waals surface area contributed by atoms with Crippen molar-refractivity contribution >= 4 is 11.6 Å². The number of furan rings is 1. The summed E-state index contributed by atoms with van der Waals surface area (Å²) in [7, 11) is 0. The number of aliphatic hydroxyl groups excluding tert-OH is 1. The van der Waals surface area contributed by atoms with Gasteiger partial charge in [0.05, 0.1) is 24.5 Å². The summed E-state index contributed by atoms with van der Waals surface area (Å²) in [5.41, 5.74) is 4.18. The maximum Gasteiger partial charge on any atom is 0.257 e. The summed E-state index contributed by atoms with van der Waals surface area (Å²) in [5.74, 6) is 0.929. The van der Waals surface area contributed by atoms with Crippen LogP contribution in [-0.2, 0) is 13.0 Å². The Morgan fingerprint density at radius 3 is 2.56 bits per heavy atom. The second-order valence-electron chi connectivity index (χ2n) is 9.05. The van der Waals surface area contributed by atoms with E-state index in [1.165, 1.54) is 11.3 Å². The van der Waals surface area contributed by atoms with Crippen molar-refractivity contribution in [3.05, 3.63) is 89.4 Å². The van der Waals surface area contributed by atoms with Crippen LogP contribution in [0.2, 0.25) is 0 Å². The molecule has 3 heterocycles. The van der Waals surface area contributed by atoms with Gasteiger partial charge in [0.1, 0.15) is 5.76 Å². The van der Waals surface area contributed by atoms with Gasteiger partial charge in [-0.25, -0.2) is 0 Å². The molecule has 2 unspecified atom stereocenters. The summed E-state index contributed by atoms with van der Waals surface area (Å²) in [6.07, 6.45) is 3.75. The molecule has 0 bridgehead atoms. The van der Waals surface area contributed by atoms with Gasteiger partial charge in [-0.3, -0.25) is 4.79 Å². The average Bonchev–Trinajstić information content (AvgIpc) is 3.43. The predicted molar refractivity (Wildman–Crippen MR) is 125 cm³/mol. The molecule has 0 radical (unpaired) electrons. The number of carbonyl (C=O) groups is 1. The molecule has 2 aromatic carbocycles. The first kappa shape index (κ1) is 20.8. The smallest absolute Gasteiger partial charge is 0.257 e. The zero-order chi connectivity index (χ0) is 22.1. The third-order valence-electron chi connectivity index (χ3n) is 7.05. The van der Waals surface area contributed by atoms with Crippen molar-refractivity contribution in [2.24, 2.45) is 5.92 Å². The molecule has 1 aromatic heterocycles. The van der Waals surface area contributed by atoms with Crippen LogP contribution in [0.3, 0.4) is 0 Å². The van der Waals surface area contributed by atoms with Crippen LogP contribution < -0.4 is 4.90 Å². The van der Waals surface area contributed by atoms with Crippen LogP contribution in [0.15, 0.2) is 71.3 Å². The van der Waals surface area contributed by atoms with Gasteiger partial charge in [-0.15, -0.1) is 0 Å². The summed E-state index contributed by atoms with van der Waals surface area (Å²) >= 11 is 0. The maximum absolute atomic E-state index is 13.3. The Labute approximate surface area is 189 Å². The van der Waals surface area contributed by atoms with Crippen LogP contribution in [-0.4, -0.2) is 35.0 Å². The maximum atomic E-state index is 13.3. The van der Waals surface area contributed by atoms with Gasteiger partial charge in [-0.2, -0.15) is 0 Å². The van der Waals surface area contributed by atoms with E-state index in [4.69, 9.17) is 4.42 Å². The first-order valence-corrected chi connectivity index (χ1v) is 11.5. The number of hydrogen-bond acceptors (Lipinski definition) is 4. The lowest BCUT2D eigenvalue weighted by Crippen LogP contribution is -2.40. The van der Waals surface area contributed by atoms with Crippen molar-refractivity contribution < 1.29 is 14.3 Å². The highest BCUT2D eigenvalue weighted by Crippen LogP contribution is 2.35.